The number of primary sulfonamides is 1. The van der Waals surface area contributed by atoms with Gasteiger partial charge in [0.25, 0.3) is 6.04 Å². The van der Waals surface area contributed by atoms with Gasteiger partial charge in [0.05, 0.1) is 4.91 Å². The lowest BCUT2D eigenvalue weighted by molar-refractivity contribution is -0.516. The Balaban J connectivity index is 1.34. The number of ketones is 1. The molecule has 0 aromatic heterocycles. The zero-order chi connectivity index (χ0) is 39.0. The Morgan fingerprint density at radius 3 is 2.35 bits per heavy atom. The number of Topliss-reactive ketones (excluding diaryl/α,β-unsaturated/α-hetero) is 1. The minimum atomic E-state index is -4.28. The molecule has 2 fully saturated rings. The summed E-state index contributed by atoms with van der Waals surface area (Å²) in [5.74, 6) is 0.916. The first-order chi connectivity index (χ1) is 26.5. The first-order valence-corrected chi connectivity index (χ1v) is 21.8. The molecule has 1 saturated carbocycles. The van der Waals surface area contributed by atoms with Crippen molar-refractivity contribution in [1.82, 2.24) is 15.5 Å². The lowest BCUT2D eigenvalue weighted by Gasteiger charge is -2.46. The van der Waals surface area contributed by atoms with Crippen molar-refractivity contribution in [1.29, 1.82) is 0 Å². The average Bonchev–Trinajstić information content (AvgIpc) is 3.20. The van der Waals surface area contributed by atoms with Crippen LogP contribution < -0.4 is 20.7 Å². The maximum Gasteiger partial charge on any atom is 0.261 e. The van der Waals surface area contributed by atoms with E-state index in [-0.39, 0.29) is 12.1 Å². The molecule has 6 rings (SSSR count). The number of piperazine rings is 1. The van der Waals surface area contributed by atoms with E-state index < -0.39 is 37.2 Å². The number of anilines is 1. The fraction of sp³-hybridized carbons (Fsp3) is 0.452. The molecule has 55 heavy (non-hydrogen) atoms. The number of carbonyl (C=O) groups is 1. The molecular weight excluding hydrogens is 733 g/mol. The molecule has 5 atom stereocenters. The van der Waals surface area contributed by atoms with Gasteiger partial charge < -0.3 is 15.1 Å². The number of allylic oxidation sites excluding steroid dienone is 1. The van der Waals surface area contributed by atoms with Gasteiger partial charge in [0.15, 0.2) is 11.3 Å². The van der Waals surface area contributed by atoms with E-state index in [2.05, 4.69) is 45.9 Å². The smallest absolute Gasteiger partial charge is 0.261 e. The number of hydrogen-bond donors (Lipinski definition) is 3. The summed E-state index contributed by atoms with van der Waals surface area (Å²) in [5, 5.41) is 25.4. The van der Waals surface area contributed by atoms with E-state index in [0.29, 0.717) is 36.1 Å². The van der Waals surface area contributed by atoms with Gasteiger partial charge in [-0.05, 0) is 99.9 Å². The van der Waals surface area contributed by atoms with Crippen molar-refractivity contribution in [2.45, 2.75) is 73.0 Å². The maximum atomic E-state index is 14.9. The lowest BCUT2D eigenvalue weighted by atomic mass is 9.72. The number of sulfonamides is 1. The van der Waals surface area contributed by atoms with E-state index >= 15 is 0 Å². The van der Waals surface area contributed by atoms with Crippen LogP contribution >= 0.6 is 11.8 Å². The summed E-state index contributed by atoms with van der Waals surface area (Å²) in [6.45, 7) is 3.14. The SMILES string of the molecule is CN(C)CC[C@H](CSc1ccccc1)NC1(C(=O)c2ccc(N3CCNCC3C(c3ccccc3)C3CCCCC3)cc2)C=CC(S(N)(=O)=O)=CC1[N+](=O)[O-]. The molecule has 11 nitrogen and oxygen atoms in total. The second-order valence-corrected chi connectivity index (χ2v) is 17.9. The topological polar surface area (TPSA) is 151 Å². The predicted octanol–water partition coefficient (Wildman–Crippen LogP) is 5.84. The van der Waals surface area contributed by atoms with Crippen LogP contribution in [-0.4, -0.2) is 93.7 Å². The molecule has 294 valence electrons. The van der Waals surface area contributed by atoms with E-state index in [0.717, 1.165) is 36.3 Å². The number of hydrogen-bond acceptors (Lipinski definition) is 10. The Bertz CT molecular complexity index is 1920. The number of nitrogens with one attached hydrogen (secondary N) is 2. The van der Waals surface area contributed by atoms with Crippen molar-refractivity contribution < 1.29 is 18.1 Å². The predicted molar refractivity (Wildman–Crippen MR) is 222 cm³/mol. The van der Waals surface area contributed by atoms with E-state index in [1.54, 1.807) is 23.9 Å². The number of benzene rings is 3. The molecule has 4 N–H and O–H groups in total. The van der Waals surface area contributed by atoms with Crippen LogP contribution in [0.5, 0.6) is 0 Å². The van der Waals surface area contributed by atoms with Crippen molar-refractivity contribution in [3.63, 3.8) is 0 Å². The van der Waals surface area contributed by atoms with Crippen LogP contribution in [0.4, 0.5) is 5.69 Å². The van der Waals surface area contributed by atoms with E-state index in [9.17, 15) is 23.3 Å². The summed E-state index contributed by atoms with van der Waals surface area (Å²) in [6.07, 6.45) is 10.3. The molecule has 0 spiro atoms. The zero-order valence-corrected chi connectivity index (χ0v) is 33.4. The molecule has 0 amide bonds. The number of thioether (sulfide) groups is 1. The molecule has 2 aliphatic carbocycles. The van der Waals surface area contributed by atoms with Crippen LogP contribution in [0.1, 0.15) is 60.4 Å². The van der Waals surface area contributed by atoms with Gasteiger partial charge in [0, 0.05) is 70.5 Å². The third-order valence-corrected chi connectivity index (χ3v) is 13.4. The first kappa shape index (κ1) is 40.8. The van der Waals surface area contributed by atoms with Gasteiger partial charge in [0.1, 0.15) is 0 Å². The molecule has 0 bridgehead atoms. The van der Waals surface area contributed by atoms with Gasteiger partial charge in [-0.1, -0.05) is 67.8 Å². The van der Waals surface area contributed by atoms with Gasteiger partial charge >= 0.3 is 0 Å². The van der Waals surface area contributed by atoms with Gasteiger partial charge in [-0.3, -0.25) is 20.2 Å². The molecule has 13 heteroatoms. The second kappa shape index (κ2) is 18.4. The molecule has 4 unspecified atom stereocenters. The molecule has 3 aromatic rings. The summed E-state index contributed by atoms with van der Waals surface area (Å²) in [6, 6.07) is 26.2. The molecule has 1 aliphatic heterocycles. The molecule has 1 heterocycles. The highest BCUT2D eigenvalue weighted by Gasteiger charge is 2.53. The minimum Gasteiger partial charge on any atom is -0.365 e. The molecule has 3 aliphatic rings. The fourth-order valence-electron chi connectivity index (χ4n) is 8.53. The second-order valence-electron chi connectivity index (χ2n) is 15.3. The summed E-state index contributed by atoms with van der Waals surface area (Å²) in [5.41, 5.74) is 0.751. The van der Waals surface area contributed by atoms with Crippen LogP contribution in [0, 0.1) is 16.0 Å². The Kier molecular flexibility index (Phi) is 13.6. The van der Waals surface area contributed by atoms with Crippen molar-refractivity contribution in [3.8, 4) is 0 Å². The summed E-state index contributed by atoms with van der Waals surface area (Å²) in [4.78, 5) is 32.3. The number of carbonyl (C=O) groups excluding carboxylic acids is 1. The van der Waals surface area contributed by atoms with E-state index in [4.69, 9.17) is 5.14 Å². The lowest BCUT2D eigenvalue weighted by Crippen LogP contribution is -2.65. The van der Waals surface area contributed by atoms with Gasteiger partial charge in [-0.25, -0.2) is 13.6 Å². The Labute approximate surface area is 330 Å². The number of rotatable bonds is 16. The quantitative estimate of drug-likeness (QED) is 0.0700. The third kappa shape index (κ3) is 9.94. The fourth-order valence-corrected chi connectivity index (χ4v) is 10.1. The summed E-state index contributed by atoms with van der Waals surface area (Å²) in [7, 11) is -0.379. The Morgan fingerprint density at radius 2 is 1.71 bits per heavy atom. The van der Waals surface area contributed by atoms with E-state index in [1.165, 1.54) is 49.8 Å². The van der Waals surface area contributed by atoms with Gasteiger partial charge in [-0.15, -0.1) is 11.8 Å². The maximum absolute atomic E-state index is 14.9. The van der Waals surface area contributed by atoms with Gasteiger partial charge in [0.2, 0.25) is 10.0 Å². The highest BCUT2D eigenvalue weighted by atomic mass is 32.2. The van der Waals surface area contributed by atoms with Crippen LogP contribution in [0.3, 0.4) is 0 Å². The highest BCUT2D eigenvalue weighted by Crippen LogP contribution is 2.41. The Morgan fingerprint density at radius 1 is 1.04 bits per heavy atom. The number of nitro groups is 1. The summed E-state index contributed by atoms with van der Waals surface area (Å²) >= 11 is 1.59. The normalized spacial score (nSPS) is 23.3. The monoisotopic (exact) mass is 786 g/mol. The van der Waals surface area contributed by atoms with E-state index in [1.807, 2.05) is 61.5 Å². The third-order valence-electron chi connectivity index (χ3n) is 11.3. The zero-order valence-electron chi connectivity index (χ0n) is 31.8. The van der Waals surface area contributed by atoms with Gasteiger partial charge in [-0.2, -0.15) is 0 Å². The Hall–Kier alpha value is -3.85. The van der Waals surface area contributed by atoms with Crippen molar-refractivity contribution in [3.05, 3.63) is 129 Å². The average molecular weight is 787 g/mol. The standard InChI is InChI=1S/C42H54N6O5S2/c1-46(2)26-23-34(30-54-36-16-10-5-11-17-36)45-42(24-22-37(55(43,52)53)28-39(42)48(50)51)41(49)33-18-20-35(21-19-33)47-27-25-44-29-38(47)40(31-12-6-3-7-13-31)32-14-8-4-9-15-32/h3,5-7,10-13,16-22,24,28,32,34,38-40,44-45H,4,8-9,14-15,23,25-27,29-30H2,1-2H3,(H2,43,52,53)/t34-,38?,39?,40?,42?/m1/s1. The summed E-state index contributed by atoms with van der Waals surface area (Å²) < 4.78 is 24.9. The number of nitrogens with zero attached hydrogens (tertiary/aromatic N) is 3. The van der Waals surface area contributed by atoms with Crippen LogP contribution in [0.25, 0.3) is 0 Å². The van der Waals surface area contributed by atoms with Crippen LogP contribution in [0.15, 0.2) is 113 Å². The van der Waals surface area contributed by atoms with Crippen molar-refractivity contribution >= 4 is 33.3 Å². The molecule has 0 radical (unpaired) electrons. The molecule has 3 aromatic carbocycles. The molecule has 1 saturated heterocycles. The first-order valence-electron chi connectivity index (χ1n) is 19.3. The highest BCUT2D eigenvalue weighted by molar-refractivity contribution is 7.99. The van der Waals surface area contributed by atoms with Crippen LogP contribution in [0.2, 0.25) is 0 Å². The minimum absolute atomic E-state index is 0.204. The molecular formula is C42H54N6O5S2. The van der Waals surface area contributed by atoms with Crippen molar-refractivity contribution in [2.75, 3.05) is 50.9 Å². The number of nitrogens with two attached hydrogens (primary N) is 1. The van der Waals surface area contributed by atoms with Crippen molar-refractivity contribution in [2.24, 2.45) is 11.1 Å². The largest absolute Gasteiger partial charge is 0.365 e. The van der Waals surface area contributed by atoms with Crippen LogP contribution in [-0.2, 0) is 10.0 Å².